The van der Waals surface area contributed by atoms with E-state index in [4.69, 9.17) is 0 Å². The van der Waals surface area contributed by atoms with E-state index in [9.17, 15) is 0 Å². The number of thiazole rings is 1. The molecule has 3 heteroatoms. The van der Waals surface area contributed by atoms with Gasteiger partial charge in [0.25, 0.3) is 0 Å². The Hall–Kier alpha value is -0.670. The molecule has 13 heavy (non-hydrogen) atoms. The van der Waals surface area contributed by atoms with Gasteiger partial charge in [-0.05, 0) is 39.9 Å². The molecule has 0 aliphatic rings. The fourth-order valence-electron chi connectivity index (χ4n) is 1.12. The zero-order valence-electron chi connectivity index (χ0n) is 8.42. The molecule has 1 aromatic rings. The smallest absolute Gasteiger partial charge is 0.0903 e. The Bertz CT molecular complexity index is 289. The molecule has 0 aliphatic carbocycles. The highest BCUT2D eigenvalue weighted by molar-refractivity contribution is 7.12. The van der Waals surface area contributed by atoms with Crippen molar-refractivity contribution < 1.29 is 0 Å². The maximum Gasteiger partial charge on any atom is 0.0903 e. The molecule has 0 radical (unpaired) electrons. The van der Waals surface area contributed by atoms with Crippen molar-refractivity contribution in [3.8, 4) is 0 Å². The van der Waals surface area contributed by atoms with Gasteiger partial charge in [0, 0.05) is 4.88 Å². The summed E-state index contributed by atoms with van der Waals surface area (Å²) in [5.74, 6) is 0. The largest absolute Gasteiger partial charge is 0.319 e. The summed E-state index contributed by atoms with van der Waals surface area (Å²) in [6.45, 7) is 5.14. The minimum Gasteiger partial charge on any atom is -0.319 e. The third-order valence-electron chi connectivity index (χ3n) is 1.77. The van der Waals surface area contributed by atoms with Crippen molar-refractivity contribution in [1.29, 1.82) is 0 Å². The predicted molar refractivity (Wildman–Crippen MR) is 59.2 cm³/mol. The van der Waals surface area contributed by atoms with Gasteiger partial charge in [0.1, 0.15) is 0 Å². The van der Waals surface area contributed by atoms with Crippen LogP contribution in [0.3, 0.4) is 0 Å². The van der Waals surface area contributed by atoms with Gasteiger partial charge >= 0.3 is 0 Å². The zero-order chi connectivity index (χ0) is 9.68. The number of aryl methyl sites for hydroxylation is 2. The maximum absolute atomic E-state index is 4.36. The molecule has 72 valence electrons. The van der Waals surface area contributed by atoms with Crippen molar-refractivity contribution in [2.45, 2.75) is 20.3 Å². The number of aromatic nitrogens is 1. The molecular weight excluding hydrogens is 180 g/mol. The average molecular weight is 196 g/mol. The second-order valence-electron chi connectivity index (χ2n) is 2.98. The fraction of sp³-hybridized carbons (Fsp3) is 0.500. The van der Waals surface area contributed by atoms with Crippen LogP contribution in [0.4, 0.5) is 0 Å². The van der Waals surface area contributed by atoms with Crippen molar-refractivity contribution in [1.82, 2.24) is 10.3 Å². The minimum absolute atomic E-state index is 1.04. The van der Waals surface area contributed by atoms with Gasteiger partial charge < -0.3 is 5.32 Å². The first-order chi connectivity index (χ1) is 6.24. The Morgan fingerprint density at radius 2 is 2.23 bits per heavy atom. The van der Waals surface area contributed by atoms with Crippen molar-refractivity contribution in [3.63, 3.8) is 0 Å². The summed E-state index contributed by atoms with van der Waals surface area (Å²) < 4.78 is 0. The molecule has 2 nitrogen and oxygen atoms in total. The molecule has 1 rings (SSSR count). The van der Waals surface area contributed by atoms with Crippen LogP contribution in [0.15, 0.2) is 6.08 Å². The Morgan fingerprint density at radius 1 is 1.46 bits per heavy atom. The van der Waals surface area contributed by atoms with Crippen molar-refractivity contribution in [2.24, 2.45) is 0 Å². The van der Waals surface area contributed by atoms with E-state index in [0.717, 1.165) is 23.7 Å². The van der Waals surface area contributed by atoms with Crippen LogP contribution in [-0.2, 0) is 0 Å². The normalized spacial score (nSPS) is 11.3. The lowest BCUT2D eigenvalue weighted by Gasteiger charge is -1.91. The van der Waals surface area contributed by atoms with Crippen LogP contribution < -0.4 is 5.32 Å². The molecule has 1 N–H and O–H groups in total. The van der Waals surface area contributed by atoms with Gasteiger partial charge in [-0.1, -0.05) is 6.08 Å². The molecule has 0 spiro atoms. The third-order valence-corrected chi connectivity index (χ3v) is 2.81. The molecular formula is C10H16N2S. The Kier molecular flexibility index (Phi) is 4.12. The number of nitrogens with one attached hydrogen (secondary N) is 1. The third kappa shape index (κ3) is 3.28. The topological polar surface area (TPSA) is 24.9 Å². The second-order valence-corrected chi connectivity index (χ2v) is 4.21. The quantitative estimate of drug-likeness (QED) is 0.748. The lowest BCUT2D eigenvalue weighted by Crippen LogP contribution is -2.05. The molecule has 0 saturated carbocycles. The van der Waals surface area contributed by atoms with E-state index in [2.05, 4.69) is 29.4 Å². The Morgan fingerprint density at radius 3 is 2.77 bits per heavy atom. The number of hydrogen-bond acceptors (Lipinski definition) is 3. The summed E-state index contributed by atoms with van der Waals surface area (Å²) in [6, 6.07) is 0. The molecule has 0 aliphatic heterocycles. The summed E-state index contributed by atoms with van der Waals surface area (Å²) in [4.78, 5) is 5.65. The van der Waals surface area contributed by atoms with Crippen molar-refractivity contribution >= 4 is 17.4 Å². The SMILES string of the molecule is CNCCC=Cc1sc(C)nc1C. The average Bonchev–Trinajstić information content (AvgIpc) is 2.39. The van der Waals surface area contributed by atoms with E-state index >= 15 is 0 Å². The summed E-state index contributed by atoms with van der Waals surface area (Å²) in [5, 5.41) is 4.25. The van der Waals surface area contributed by atoms with Crippen LogP contribution in [0, 0.1) is 13.8 Å². The molecule has 0 fully saturated rings. The Balaban J connectivity index is 2.53. The van der Waals surface area contributed by atoms with Gasteiger partial charge in [-0.3, -0.25) is 0 Å². The predicted octanol–water partition coefficient (Wildman–Crippen LogP) is 2.38. The molecule has 0 bridgehead atoms. The highest BCUT2D eigenvalue weighted by Crippen LogP contribution is 2.18. The first-order valence-corrected chi connectivity index (χ1v) is 5.31. The molecule has 0 unspecified atom stereocenters. The number of rotatable bonds is 4. The van der Waals surface area contributed by atoms with Crippen LogP contribution >= 0.6 is 11.3 Å². The lowest BCUT2D eigenvalue weighted by molar-refractivity contribution is 0.809. The standard InChI is InChI=1S/C10H16N2S/c1-8-10(13-9(2)12-8)6-4-5-7-11-3/h4,6,11H,5,7H2,1-3H3. The summed E-state index contributed by atoms with van der Waals surface area (Å²) >= 11 is 1.75. The van der Waals surface area contributed by atoms with E-state index in [1.54, 1.807) is 11.3 Å². The maximum atomic E-state index is 4.36. The zero-order valence-corrected chi connectivity index (χ0v) is 9.24. The van der Waals surface area contributed by atoms with Gasteiger partial charge in [-0.15, -0.1) is 11.3 Å². The minimum atomic E-state index is 1.04. The molecule has 1 heterocycles. The monoisotopic (exact) mass is 196 g/mol. The molecule has 1 aromatic heterocycles. The molecule has 0 amide bonds. The first kappa shape index (κ1) is 10.4. The van der Waals surface area contributed by atoms with Crippen LogP contribution in [0.1, 0.15) is 22.0 Å². The van der Waals surface area contributed by atoms with Gasteiger partial charge in [0.05, 0.1) is 10.7 Å². The van der Waals surface area contributed by atoms with Crippen LogP contribution in [0.25, 0.3) is 6.08 Å². The van der Waals surface area contributed by atoms with E-state index in [-0.39, 0.29) is 0 Å². The van der Waals surface area contributed by atoms with Crippen molar-refractivity contribution in [3.05, 3.63) is 21.7 Å². The van der Waals surface area contributed by atoms with Crippen LogP contribution in [0.2, 0.25) is 0 Å². The molecule has 0 aromatic carbocycles. The highest BCUT2D eigenvalue weighted by atomic mass is 32.1. The molecule has 0 atom stereocenters. The number of nitrogens with zero attached hydrogens (tertiary/aromatic N) is 1. The first-order valence-electron chi connectivity index (χ1n) is 4.49. The van der Waals surface area contributed by atoms with Gasteiger partial charge in [0.15, 0.2) is 0 Å². The Labute approximate surface area is 83.7 Å². The molecule has 0 saturated heterocycles. The van der Waals surface area contributed by atoms with Crippen LogP contribution in [-0.4, -0.2) is 18.6 Å². The summed E-state index contributed by atoms with van der Waals surface area (Å²) in [6.07, 6.45) is 5.43. The highest BCUT2D eigenvalue weighted by Gasteiger charge is 1.99. The van der Waals surface area contributed by atoms with Gasteiger partial charge in [0.2, 0.25) is 0 Å². The van der Waals surface area contributed by atoms with E-state index in [1.807, 2.05) is 14.0 Å². The van der Waals surface area contributed by atoms with E-state index in [0.29, 0.717) is 0 Å². The fourth-order valence-corrected chi connectivity index (χ4v) is 1.98. The summed E-state index contributed by atoms with van der Waals surface area (Å²) in [7, 11) is 1.97. The van der Waals surface area contributed by atoms with Crippen molar-refractivity contribution in [2.75, 3.05) is 13.6 Å². The second kappa shape index (κ2) is 5.14. The van der Waals surface area contributed by atoms with Crippen LogP contribution in [0.5, 0.6) is 0 Å². The number of hydrogen-bond donors (Lipinski definition) is 1. The van der Waals surface area contributed by atoms with E-state index in [1.165, 1.54) is 4.88 Å². The van der Waals surface area contributed by atoms with Gasteiger partial charge in [-0.25, -0.2) is 4.98 Å². The lowest BCUT2D eigenvalue weighted by atomic mass is 10.3. The van der Waals surface area contributed by atoms with Gasteiger partial charge in [-0.2, -0.15) is 0 Å². The van der Waals surface area contributed by atoms with E-state index < -0.39 is 0 Å². The summed E-state index contributed by atoms with van der Waals surface area (Å²) in [5.41, 5.74) is 1.14.